The van der Waals surface area contributed by atoms with Crippen LogP contribution in [-0.2, 0) is 5.41 Å². The fourth-order valence-corrected chi connectivity index (χ4v) is 3.16. The molecule has 3 rings (SSSR count). The largest absolute Gasteiger partial charge is 0.508 e. The summed E-state index contributed by atoms with van der Waals surface area (Å²) in [6.45, 7) is 4.12. The molecule has 7 nitrogen and oxygen atoms in total. The molecule has 0 heterocycles. The first-order chi connectivity index (χ1) is 14.2. The summed E-state index contributed by atoms with van der Waals surface area (Å²) in [7, 11) is 0. The quantitative estimate of drug-likeness (QED) is 0.391. The van der Waals surface area contributed by atoms with E-state index >= 15 is 0 Å². The number of hydrogen-bond acceptors (Lipinski definition) is 5. The fraction of sp³-hybridized carbons (Fsp3) is 0.136. The van der Waals surface area contributed by atoms with Gasteiger partial charge < -0.3 is 9.84 Å². The highest BCUT2D eigenvalue weighted by molar-refractivity contribution is 6.32. The van der Waals surface area contributed by atoms with Crippen LogP contribution in [0.4, 0.5) is 16.2 Å². The molecule has 0 bridgehead atoms. The maximum absolute atomic E-state index is 12.1. The number of nitro benzene ring substituents is 1. The van der Waals surface area contributed by atoms with Crippen molar-refractivity contribution in [2.45, 2.75) is 19.3 Å². The second kappa shape index (κ2) is 8.42. The number of ether oxygens (including phenoxy) is 1. The molecule has 0 aliphatic carbocycles. The van der Waals surface area contributed by atoms with Crippen molar-refractivity contribution in [1.82, 2.24) is 0 Å². The van der Waals surface area contributed by atoms with Gasteiger partial charge in [0.1, 0.15) is 5.75 Å². The summed E-state index contributed by atoms with van der Waals surface area (Å²) in [6.07, 6.45) is -0.767. The Kier molecular flexibility index (Phi) is 5.94. The molecule has 0 aromatic heterocycles. The molecule has 30 heavy (non-hydrogen) atoms. The van der Waals surface area contributed by atoms with Crippen LogP contribution in [-0.4, -0.2) is 16.1 Å². The lowest BCUT2D eigenvalue weighted by Gasteiger charge is -2.26. The molecule has 0 fully saturated rings. The monoisotopic (exact) mass is 426 g/mol. The van der Waals surface area contributed by atoms with Crippen LogP contribution >= 0.6 is 11.6 Å². The molecule has 3 aromatic rings. The predicted octanol–water partition coefficient (Wildman–Crippen LogP) is 5.89. The molecule has 154 valence electrons. The summed E-state index contributed by atoms with van der Waals surface area (Å²) >= 11 is 5.93. The maximum Gasteiger partial charge on any atom is 0.417 e. The van der Waals surface area contributed by atoms with Crippen LogP contribution in [0.5, 0.6) is 11.5 Å². The number of rotatable bonds is 5. The summed E-state index contributed by atoms with van der Waals surface area (Å²) in [6, 6.07) is 17.9. The van der Waals surface area contributed by atoms with Crippen LogP contribution in [0.15, 0.2) is 66.7 Å². The molecule has 0 spiro atoms. The Bertz CT molecular complexity index is 1080. The third kappa shape index (κ3) is 4.69. The predicted molar refractivity (Wildman–Crippen MR) is 114 cm³/mol. The maximum atomic E-state index is 12.1. The molecule has 0 atom stereocenters. The van der Waals surface area contributed by atoms with Gasteiger partial charge in [0.05, 0.1) is 9.95 Å². The summed E-state index contributed by atoms with van der Waals surface area (Å²) < 4.78 is 5.13. The van der Waals surface area contributed by atoms with Crippen LogP contribution < -0.4 is 10.1 Å². The lowest BCUT2D eigenvalue weighted by molar-refractivity contribution is -0.384. The molecule has 0 aliphatic rings. The first-order valence-corrected chi connectivity index (χ1v) is 9.37. The minimum absolute atomic E-state index is 0.0184. The van der Waals surface area contributed by atoms with Crippen molar-refractivity contribution in [3.63, 3.8) is 0 Å². The van der Waals surface area contributed by atoms with Crippen molar-refractivity contribution in [2.75, 3.05) is 5.32 Å². The Morgan fingerprint density at radius 1 is 1.03 bits per heavy atom. The van der Waals surface area contributed by atoms with Gasteiger partial charge in [-0.1, -0.05) is 49.7 Å². The number of nitro groups is 1. The van der Waals surface area contributed by atoms with E-state index in [0.717, 1.165) is 17.2 Å². The van der Waals surface area contributed by atoms with Crippen LogP contribution in [0.25, 0.3) is 0 Å². The van der Waals surface area contributed by atoms with Gasteiger partial charge in [0.15, 0.2) is 5.75 Å². The summed E-state index contributed by atoms with van der Waals surface area (Å²) in [5.41, 5.74) is 2.07. The highest BCUT2D eigenvalue weighted by atomic mass is 35.5. The number of phenols is 1. The normalized spacial score (nSPS) is 11.0. The third-order valence-electron chi connectivity index (χ3n) is 4.77. The number of carbonyl (C=O) groups excluding carboxylic acids is 1. The Morgan fingerprint density at radius 3 is 2.13 bits per heavy atom. The second-order valence-electron chi connectivity index (χ2n) is 7.14. The highest BCUT2D eigenvalue weighted by Crippen LogP contribution is 2.33. The van der Waals surface area contributed by atoms with E-state index in [-0.39, 0.29) is 27.6 Å². The van der Waals surface area contributed by atoms with E-state index in [1.54, 1.807) is 24.3 Å². The van der Waals surface area contributed by atoms with Crippen molar-refractivity contribution in [3.05, 3.63) is 93.0 Å². The Hall–Kier alpha value is -3.58. The van der Waals surface area contributed by atoms with Gasteiger partial charge in [-0.2, -0.15) is 0 Å². The Labute approximate surface area is 178 Å². The number of halogens is 1. The van der Waals surface area contributed by atoms with Gasteiger partial charge in [0.2, 0.25) is 0 Å². The van der Waals surface area contributed by atoms with E-state index in [9.17, 15) is 20.0 Å². The first kappa shape index (κ1) is 21.1. The molecule has 3 aromatic carbocycles. The van der Waals surface area contributed by atoms with E-state index in [1.165, 1.54) is 12.1 Å². The number of hydrogen-bond donors (Lipinski definition) is 2. The van der Waals surface area contributed by atoms with Gasteiger partial charge in [0, 0.05) is 23.2 Å². The summed E-state index contributed by atoms with van der Waals surface area (Å²) in [5, 5.41) is 22.8. The molecule has 0 saturated heterocycles. The van der Waals surface area contributed by atoms with Crippen molar-refractivity contribution in [1.29, 1.82) is 0 Å². The van der Waals surface area contributed by atoms with Gasteiger partial charge in [-0.3, -0.25) is 15.4 Å². The van der Waals surface area contributed by atoms with E-state index in [1.807, 2.05) is 24.3 Å². The van der Waals surface area contributed by atoms with Crippen molar-refractivity contribution >= 4 is 29.1 Å². The molecular formula is C22H19ClN2O5. The lowest BCUT2D eigenvalue weighted by atomic mass is 9.78. The molecule has 0 aliphatic heterocycles. The summed E-state index contributed by atoms with van der Waals surface area (Å²) in [5.74, 6) is 0.227. The molecule has 0 radical (unpaired) electrons. The molecular weight excluding hydrogens is 408 g/mol. The smallest absolute Gasteiger partial charge is 0.417 e. The molecule has 0 unspecified atom stereocenters. The number of amides is 1. The van der Waals surface area contributed by atoms with Crippen LogP contribution in [0, 0.1) is 10.1 Å². The van der Waals surface area contributed by atoms with Crippen LogP contribution in [0.1, 0.15) is 25.0 Å². The number of aromatic hydroxyl groups is 1. The van der Waals surface area contributed by atoms with E-state index < -0.39 is 11.0 Å². The van der Waals surface area contributed by atoms with Crippen molar-refractivity contribution in [2.24, 2.45) is 0 Å². The highest BCUT2D eigenvalue weighted by Gasteiger charge is 2.23. The molecule has 2 N–H and O–H groups in total. The van der Waals surface area contributed by atoms with Crippen LogP contribution in [0.2, 0.25) is 5.02 Å². The molecule has 1 amide bonds. The number of phenolic OH excluding ortho intramolecular Hbond substituents is 1. The SMILES string of the molecule is CC(C)(c1ccc(O)cc1)c1ccc(NC(=O)Oc2ccc([N+](=O)[O-])cc2Cl)cc1. The third-order valence-corrected chi connectivity index (χ3v) is 5.07. The number of nitrogens with zero attached hydrogens (tertiary/aromatic N) is 1. The van der Waals surface area contributed by atoms with Gasteiger partial charge in [-0.15, -0.1) is 0 Å². The van der Waals surface area contributed by atoms with E-state index in [4.69, 9.17) is 16.3 Å². The van der Waals surface area contributed by atoms with Gasteiger partial charge in [0.25, 0.3) is 5.69 Å². The molecule has 0 saturated carbocycles. The average Bonchev–Trinajstić information content (AvgIpc) is 2.70. The topological polar surface area (TPSA) is 102 Å². The standard InChI is InChI=1S/C22H19ClN2O5/c1-22(2,15-5-10-18(26)11-6-15)14-3-7-16(8-4-14)24-21(27)30-20-12-9-17(25(28)29)13-19(20)23/h3-13,26H,1-2H3,(H,24,27). The average molecular weight is 427 g/mol. The van der Waals surface area contributed by atoms with Gasteiger partial charge in [-0.05, 0) is 41.5 Å². The van der Waals surface area contributed by atoms with E-state index in [0.29, 0.717) is 5.69 Å². The number of nitrogens with one attached hydrogen (secondary N) is 1. The minimum atomic E-state index is -0.767. The molecule has 8 heteroatoms. The number of benzene rings is 3. The van der Waals surface area contributed by atoms with Gasteiger partial charge in [-0.25, -0.2) is 4.79 Å². The number of anilines is 1. The minimum Gasteiger partial charge on any atom is -0.508 e. The van der Waals surface area contributed by atoms with Crippen molar-refractivity contribution < 1.29 is 19.6 Å². The zero-order valence-corrected chi connectivity index (χ0v) is 17.0. The lowest BCUT2D eigenvalue weighted by Crippen LogP contribution is -2.19. The van der Waals surface area contributed by atoms with E-state index in [2.05, 4.69) is 19.2 Å². The zero-order valence-electron chi connectivity index (χ0n) is 16.3. The fourth-order valence-electron chi connectivity index (χ4n) is 2.94. The van der Waals surface area contributed by atoms with Crippen molar-refractivity contribution in [3.8, 4) is 11.5 Å². The first-order valence-electron chi connectivity index (χ1n) is 8.99. The number of carbonyl (C=O) groups is 1. The second-order valence-corrected chi connectivity index (χ2v) is 7.54. The summed E-state index contributed by atoms with van der Waals surface area (Å²) in [4.78, 5) is 22.3. The number of non-ortho nitro benzene ring substituents is 1. The Morgan fingerprint density at radius 2 is 1.60 bits per heavy atom. The van der Waals surface area contributed by atoms with Gasteiger partial charge >= 0.3 is 6.09 Å². The zero-order chi connectivity index (χ0) is 21.9. The Balaban J connectivity index is 1.69. The van der Waals surface area contributed by atoms with Crippen LogP contribution in [0.3, 0.4) is 0 Å².